The van der Waals surface area contributed by atoms with Gasteiger partial charge in [-0.3, -0.25) is 4.79 Å². The van der Waals surface area contributed by atoms with E-state index in [0.717, 1.165) is 43.5 Å². The molecule has 5 nitrogen and oxygen atoms in total. The minimum atomic E-state index is -3.90. The summed E-state index contributed by atoms with van der Waals surface area (Å²) >= 11 is 5.78. The van der Waals surface area contributed by atoms with Crippen LogP contribution in [0.15, 0.2) is 41.3 Å². The Morgan fingerprint density at radius 2 is 1.76 bits per heavy atom. The van der Waals surface area contributed by atoms with Gasteiger partial charge in [0, 0.05) is 11.6 Å². The average molecular weight is 443 g/mol. The summed E-state index contributed by atoms with van der Waals surface area (Å²) in [6, 6.07) is 6.46. The first-order chi connectivity index (χ1) is 13.8. The molecule has 0 aromatic heterocycles. The van der Waals surface area contributed by atoms with Gasteiger partial charge in [0.15, 0.2) is 0 Å². The third-order valence-corrected chi connectivity index (χ3v) is 6.68. The van der Waals surface area contributed by atoms with Crippen molar-refractivity contribution in [2.24, 2.45) is 5.92 Å². The highest BCUT2D eigenvalue weighted by atomic mass is 35.5. The highest BCUT2D eigenvalue weighted by Crippen LogP contribution is 2.27. The van der Waals surface area contributed by atoms with Gasteiger partial charge < -0.3 is 5.32 Å². The van der Waals surface area contributed by atoms with E-state index in [-0.39, 0.29) is 22.2 Å². The predicted octanol–water partition coefficient (Wildman–Crippen LogP) is 4.73. The molecule has 0 radical (unpaired) electrons. The molecule has 1 amide bonds. The van der Waals surface area contributed by atoms with Crippen LogP contribution in [0.25, 0.3) is 0 Å². The van der Waals surface area contributed by atoms with Gasteiger partial charge in [-0.2, -0.15) is 0 Å². The molecule has 0 bridgehead atoms. The van der Waals surface area contributed by atoms with Gasteiger partial charge in [0.2, 0.25) is 10.0 Å². The van der Waals surface area contributed by atoms with Crippen molar-refractivity contribution in [3.05, 3.63) is 58.6 Å². The Balaban J connectivity index is 1.74. The van der Waals surface area contributed by atoms with Crippen molar-refractivity contribution >= 4 is 33.2 Å². The van der Waals surface area contributed by atoms with E-state index in [1.807, 2.05) is 0 Å². The Morgan fingerprint density at radius 3 is 2.48 bits per heavy atom. The molecule has 2 aromatic carbocycles. The Hall–Kier alpha value is -2.03. The van der Waals surface area contributed by atoms with E-state index in [2.05, 4.69) is 10.0 Å². The summed E-state index contributed by atoms with van der Waals surface area (Å²) in [6.45, 7) is 0.277. The molecular formula is C20H21ClF2N2O3S. The van der Waals surface area contributed by atoms with Crippen molar-refractivity contribution in [2.75, 3.05) is 11.9 Å². The number of benzene rings is 2. The van der Waals surface area contributed by atoms with Gasteiger partial charge in [0.25, 0.3) is 5.91 Å². The van der Waals surface area contributed by atoms with E-state index in [1.54, 1.807) is 0 Å². The highest BCUT2D eigenvalue weighted by Gasteiger charge is 2.21. The summed E-state index contributed by atoms with van der Waals surface area (Å²) in [4.78, 5) is 12.2. The van der Waals surface area contributed by atoms with Gasteiger partial charge in [0.1, 0.15) is 11.6 Å². The predicted molar refractivity (Wildman–Crippen MR) is 108 cm³/mol. The second kappa shape index (κ2) is 9.19. The molecule has 2 N–H and O–H groups in total. The van der Waals surface area contributed by atoms with E-state index < -0.39 is 33.1 Å². The number of hydrogen-bond donors (Lipinski definition) is 2. The number of rotatable bonds is 7. The van der Waals surface area contributed by atoms with Crippen molar-refractivity contribution in [1.82, 2.24) is 4.72 Å². The molecule has 1 aliphatic carbocycles. The molecule has 1 saturated carbocycles. The lowest BCUT2D eigenvalue weighted by Crippen LogP contribution is -2.26. The molecule has 0 aliphatic heterocycles. The lowest BCUT2D eigenvalue weighted by molar-refractivity contribution is 0.102. The van der Waals surface area contributed by atoms with Gasteiger partial charge in [-0.1, -0.05) is 37.3 Å². The van der Waals surface area contributed by atoms with Gasteiger partial charge in [0.05, 0.1) is 16.1 Å². The normalized spacial score (nSPS) is 14.9. The number of hydrogen-bond acceptors (Lipinski definition) is 3. The quantitative estimate of drug-likeness (QED) is 0.651. The van der Waals surface area contributed by atoms with Crippen molar-refractivity contribution < 1.29 is 22.0 Å². The summed E-state index contributed by atoms with van der Waals surface area (Å²) in [5.74, 6) is -2.14. The highest BCUT2D eigenvalue weighted by molar-refractivity contribution is 7.89. The molecule has 9 heteroatoms. The van der Waals surface area contributed by atoms with Crippen LogP contribution in [-0.4, -0.2) is 20.9 Å². The lowest BCUT2D eigenvalue weighted by Gasteiger charge is -2.12. The fourth-order valence-electron chi connectivity index (χ4n) is 3.41. The fourth-order valence-corrected chi connectivity index (χ4v) is 4.65. The summed E-state index contributed by atoms with van der Waals surface area (Å²) in [5, 5.41) is 2.40. The molecule has 29 heavy (non-hydrogen) atoms. The first-order valence-corrected chi connectivity index (χ1v) is 11.2. The van der Waals surface area contributed by atoms with Crippen LogP contribution in [0.3, 0.4) is 0 Å². The van der Waals surface area contributed by atoms with Crippen LogP contribution < -0.4 is 10.0 Å². The molecule has 0 spiro atoms. The number of carbonyl (C=O) groups is 1. The van der Waals surface area contributed by atoms with Crippen molar-refractivity contribution in [3.63, 3.8) is 0 Å². The third-order valence-electron chi connectivity index (χ3n) is 4.99. The molecule has 2 aromatic rings. The first-order valence-electron chi connectivity index (χ1n) is 9.32. The minimum absolute atomic E-state index is 0.185. The molecule has 0 atom stereocenters. The fraction of sp³-hybridized carbons (Fsp3) is 0.350. The van der Waals surface area contributed by atoms with Gasteiger partial charge in [-0.05, 0) is 48.7 Å². The standard InChI is InChI=1S/C20H21ClF2N2O3S/c21-14-5-7-18(23)19(11-14)25-20(26)16-12-15(6-8-17(16)22)29(27,28)24-10-9-13-3-1-2-4-13/h5-8,11-13,24H,1-4,9-10H2,(H,25,26). The van der Waals surface area contributed by atoms with E-state index >= 15 is 0 Å². The summed E-state index contributed by atoms with van der Waals surface area (Å²) in [6.07, 6.45) is 5.27. The zero-order chi connectivity index (χ0) is 21.0. The second-order valence-electron chi connectivity index (χ2n) is 7.06. The third kappa shape index (κ3) is 5.52. The van der Waals surface area contributed by atoms with E-state index in [1.165, 1.54) is 25.0 Å². The van der Waals surface area contributed by atoms with Gasteiger partial charge >= 0.3 is 0 Å². The first kappa shape index (κ1) is 21.7. The zero-order valence-corrected chi connectivity index (χ0v) is 17.1. The van der Waals surface area contributed by atoms with E-state index in [9.17, 15) is 22.0 Å². The molecule has 3 rings (SSSR count). The lowest BCUT2D eigenvalue weighted by atomic mass is 10.1. The van der Waals surface area contributed by atoms with Crippen LogP contribution in [0.4, 0.5) is 14.5 Å². The maximum absolute atomic E-state index is 14.2. The van der Waals surface area contributed by atoms with Crippen molar-refractivity contribution in [2.45, 2.75) is 37.0 Å². The van der Waals surface area contributed by atoms with Crippen LogP contribution in [0, 0.1) is 17.6 Å². The smallest absolute Gasteiger partial charge is 0.258 e. The number of sulfonamides is 1. The van der Waals surface area contributed by atoms with Crippen LogP contribution in [-0.2, 0) is 10.0 Å². The topological polar surface area (TPSA) is 75.3 Å². The average Bonchev–Trinajstić information content (AvgIpc) is 3.18. The second-order valence-corrected chi connectivity index (χ2v) is 9.26. The number of anilines is 1. The Bertz CT molecular complexity index is 1010. The van der Waals surface area contributed by atoms with Crippen LogP contribution in [0.5, 0.6) is 0 Å². The maximum atomic E-state index is 14.2. The Morgan fingerprint density at radius 1 is 1.07 bits per heavy atom. The van der Waals surface area contributed by atoms with Gasteiger partial charge in [-0.25, -0.2) is 21.9 Å². The molecular weight excluding hydrogens is 422 g/mol. The number of nitrogens with one attached hydrogen (secondary N) is 2. The summed E-state index contributed by atoms with van der Waals surface area (Å²) in [7, 11) is -3.90. The zero-order valence-electron chi connectivity index (χ0n) is 15.6. The molecule has 156 valence electrons. The van der Waals surface area contributed by atoms with Gasteiger partial charge in [-0.15, -0.1) is 0 Å². The molecule has 0 heterocycles. The number of carbonyl (C=O) groups excluding carboxylic acids is 1. The van der Waals surface area contributed by atoms with E-state index in [4.69, 9.17) is 11.6 Å². The largest absolute Gasteiger partial charge is 0.319 e. The van der Waals surface area contributed by atoms with Crippen molar-refractivity contribution in [1.29, 1.82) is 0 Å². The van der Waals surface area contributed by atoms with E-state index in [0.29, 0.717) is 5.92 Å². The van der Waals surface area contributed by atoms with Crippen molar-refractivity contribution in [3.8, 4) is 0 Å². The summed E-state index contributed by atoms with van der Waals surface area (Å²) < 4.78 is 55.5. The summed E-state index contributed by atoms with van der Waals surface area (Å²) in [5.41, 5.74) is -0.743. The van der Waals surface area contributed by atoms with Crippen LogP contribution >= 0.6 is 11.6 Å². The number of amides is 1. The Kier molecular flexibility index (Phi) is 6.87. The molecule has 0 saturated heterocycles. The monoisotopic (exact) mass is 442 g/mol. The molecule has 1 fully saturated rings. The van der Waals surface area contributed by atoms with Crippen LogP contribution in [0.1, 0.15) is 42.5 Å². The molecule has 1 aliphatic rings. The van der Waals surface area contributed by atoms with Crippen LogP contribution in [0.2, 0.25) is 5.02 Å². The maximum Gasteiger partial charge on any atom is 0.258 e. The minimum Gasteiger partial charge on any atom is -0.319 e. The Labute approximate surface area is 173 Å². The number of halogens is 3. The SMILES string of the molecule is O=C(Nc1cc(Cl)ccc1F)c1cc(S(=O)(=O)NCCC2CCCC2)ccc1F. The molecule has 0 unspecified atom stereocenters.